The predicted molar refractivity (Wildman–Crippen MR) is 135 cm³/mol. The van der Waals surface area contributed by atoms with Gasteiger partial charge in [0.1, 0.15) is 0 Å². The van der Waals surface area contributed by atoms with Gasteiger partial charge in [-0.1, -0.05) is 42.3 Å². The molecule has 0 spiro atoms. The maximum absolute atomic E-state index is 12.5. The van der Waals surface area contributed by atoms with Crippen molar-refractivity contribution in [2.75, 3.05) is 12.4 Å². The van der Waals surface area contributed by atoms with E-state index in [-0.39, 0.29) is 22.1 Å². The van der Waals surface area contributed by atoms with Gasteiger partial charge in [-0.3, -0.25) is 9.59 Å². The summed E-state index contributed by atoms with van der Waals surface area (Å²) in [5, 5.41) is 6.83. The van der Waals surface area contributed by atoms with E-state index in [1.807, 2.05) is 19.1 Å². The fourth-order valence-corrected chi connectivity index (χ4v) is 3.37. The van der Waals surface area contributed by atoms with Gasteiger partial charge in [-0.2, -0.15) is 5.10 Å². The van der Waals surface area contributed by atoms with E-state index in [0.717, 1.165) is 12.0 Å². The van der Waals surface area contributed by atoms with Gasteiger partial charge in [-0.15, -0.1) is 0 Å². The Kier molecular flexibility index (Phi) is 8.83. The second-order valence-corrected chi connectivity index (χ2v) is 7.97. The van der Waals surface area contributed by atoms with Gasteiger partial charge in [0.25, 0.3) is 0 Å². The van der Waals surface area contributed by atoms with Crippen LogP contribution in [0.4, 0.5) is 5.69 Å². The summed E-state index contributed by atoms with van der Waals surface area (Å²) in [6.07, 6.45) is 2.18. The lowest BCUT2D eigenvalue weighted by Gasteiger charge is -2.10. The van der Waals surface area contributed by atoms with Gasteiger partial charge in [0.2, 0.25) is 0 Å². The molecule has 0 saturated heterocycles. The van der Waals surface area contributed by atoms with E-state index in [9.17, 15) is 14.4 Å². The molecule has 35 heavy (non-hydrogen) atoms. The largest absolute Gasteiger partial charge is 0.493 e. The molecule has 3 rings (SSSR count). The van der Waals surface area contributed by atoms with E-state index in [4.69, 9.17) is 32.7 Å². The van der Waals surface area contributed by atoms with E-state index < -0.39 is 17.8 Å². The Morgan fingerprint density at radius 1 is 0.943 bits per heavy atom. The second-order valence-electron chi connectivity index (χ2n) is 7.13. The quantitative estimate of drug-likeness (QED) is 0.154. The Morgan fingerprint density at radius 2 is 1.69 bits per heavy atom. The predicted octanol–water partition coefficient (Wildman–Crippen LogP) is 4.87. The maximum atomic E-state index is 12.5. The van der Waals surface area contributed by atoms with Crippen LogP contribution in [0.1, 0.15) is 28.4 Å². The van der Waals surface area contributed by atoms with E-state index >= 15 is 0 Å². The smallest absolute Gasteiger partial charge is 0.345 e. The molecular weight excluding hydrogens is 493 g/mol. The SMILES string of the molecule is CCc1ccc(NC(=O)C(=O)N/N=C\c2ccc(OC(=O)c3ccc(Cl)cc3Cl)c(OC)c2)cc1. The van der Waals surface area contributed by atoms with Crippen molar-refractivity contribution in [1.29, 1.82) is 0 Å². The minimum Gasteiger partial charge on any atom is -0.493 e. The fraction of sp³-hybridized carbons (Fsp3) is 0.120. The molecule has 0 bridgehead atoms. The molecule has 0 aliphatic heterocycles. The first-order chi connectivity index (χ1) is 16.8. The topological polar surface area (TPSA) is 106 Å². The molecule has 3 aromatic rings. The molecule has 180 valence electrons. The summed E-state index contributed by atoms with van der Waals surface area (Å²) in [7, 11) is 1.40. The zero-order chi connectivity index (χ0) is 25.4. The van der Waals surface area contributed by atoms with Crippen molar-refractivity contribution in [3.63, 3.8) is 0 Å². The number of methoxy groups -OCH3 is 1. The van der Waals surface area contributed by atoms with Gasteiger partial charge < -0.3 is 14.8 Å². The lowest BCUT2D eigenvalue weighted by Crippen LogP contribution is -2.32. The lowest BCUT2D eigenvalue weighted by molar-refractivity contribution is -0.136. The number of carbonyl (C=O) groups excluding carboxylic acids is 3. The Bertz CT molecular complexity index is 1280. The number of amides is 2. The summed E-state index contributed by atoms with van der Waals surface area (Å²) < 4.78 is 10.7. The number of hydrazone groups is 1. The highest BCUT2D eigenvalue weighted by atomic mass is 35.5. The van der Waals surface area contributed by atoms with Gasteiger partial charge in [-0.05, 0) is 66.1 Å². The van der Waals surface area contributed by atoms with E-state index in [1.165, 1.54) is 43.7 Å². The Labute approximate surface area is 211 Å². The van der Waals surface area contributed by atoms with Gasteiger partial charge in [0, 0.05) is 10.7 Å². The van der Waals surface area contributed by atoms with Crippen LogP contribution < -0.4 is 20.2 Å². The molecule has 0 heterocycles. The molecule has 2 N–H and O–H groups in total. The summed E-state index contributed by atoms with van der Waals surface area (Å²) >= 11 is 11.9. The summed E-state index contributed by atoms with van der Waals surface area (Å²) in [5.41, 5.74) is 4.43. The van der Waals surface area contributed by atoms with Crippen molar-refractivity contribution in [3.05, 3.63) is 87.4 Å². The van der Waals surface area contributed by atoms with E-state index in [1.54, 1.807) is 18.2 Å². The number of hydrogen-bond acceptors (Lipinski definition) is 6. The first kappa shape index (κ1) is 25.7. The molecule has 2 amide bonds. The highest BCUT2D eigenvalue weighted by molar-refractivity contribution is 6.39. The summed E-state index contributed by atoms with van der Waals surface area (Å²) in [6, 6.07) is 16.2. The molecule has 0 radical (unpaired) electrons. The van der Waals surface area contributed by atoms with Gasteiger partial charge in [-0.25, -0.2) is 10.2 Å². The number of anilines is 1. The van der Waals surface area contributed by atoms with Crippen molar-refractivity contribution >= 4 is 52.9 Å². The highest BCUT2D eigenvalue weighted by Crippen LogP contribution is 2.30. The monoisotopic (exact) mass is 513 g/mol. The number of nitrogens with one attached hydrogen (secondary N) is 2. The molecule has 3 aromatic carbocycles. The van der Waals surface area contributed by atoms with Crippen LogP contribution in [0.3, 0.4) is 0 Å². The number of esters is 1. The molecule has 0 unspecified atom stereocenters. The van der Waals surface area contributed by atoms with Crippen molar-refractivity contribution in [3.8, 4) is 11.5 Å². The van der Waals surface area contributed by atoms with Gasteiger partial charge in [0.05, 0.1) is 23.9 Å². The lowest BCUT2D eigenvalue weighted by atomic mass is 10.1. The third kappa shape index (κ3) is 7.05. The first-order valence-corrected chi connectivity index (χ1v) is 11.1. The molecule has 0 aliphatic rings. The van der Waals surface area contributed by atoms with Crippen molar-refractivity contribution < 1.29 is 23.9 Å². The summed E-state index contributed by atoms with van der Waals surface area (Å²) in [5.74, 6) is -2.08. The zero-order valence-electron chi connectivity index (χ0n) is 18.8. The standard InChI is InChI=1S/C25H21Cl2N3O5/c1-3-15-4-8-18(9-5-15)29-23(31)24(32)30-28-14-16-6-11-21(22(12-16)34-2)35-25(33)19-10-7-17(26)13-20(19)27/h4-14H,3H2,1-2H3,(H,29,31)(H,30,32)/b28-14-. The zero-order valence-corrected chi connectivity index (χ0v) is 20.3. The molecule has 0 atom stereocenters. The molecule has 0 aromatic heterocycles. The Morgan fingerprint density at radius 3 is 2.34 bits per heavy atom. The number of benzene rings is 3. The number of aryl methyl sites for hydroxylation is 1. The van der Waals surface area contributed by atoms with Crippen molar-refractivity contribution in [2.24, 2.45) is 5.10 Å². The van der Waals surface area contributed by atoms with Gasteiger partial charge in [0.15, 0.2) is 11.5 Å². The van der Waals surface area contributed by atoms with Crippen molar-refractivity contribution in [1.82, 2.24) is 5.43 Å². The molecule has 0 fully saturated rings. The summed E-state index contributed by atoms with van der Waals surface area (Å²) in [6.45, 7) is 2.02. The van der Waals surface area contributed by atoms with Crippen LogP contribution in [0, 0.1) is 0 Å². The normalized spacial score (nSPS) is 10.6. The number of rotatable bonds is 7. The number of halogens is 2. The van der Waals surface area contributed by atoms with Crippen LogP contribution in [0.15, 0.2) is 65.8 Å². The molecular formula is C25H21Cl2N3O5. The second kappa shape index (κ2) is 12.0. The Hall–Kier alpha value is -3.88. The van der Waals surface area contributed by atoms with Crippen LogP contribution in [0.5, 0.6) is 11.5 Å². The van der Waals surface area contributed by atoms with Crippen LogP contribution in [-0.4, -0.2) is 31.1 Å². The van der Waals surface area contributed by atoms with E-state index in [2.05, 4.69) is 15.8 Å². The minimum atomic E-state index is -0.932. The van der Waals surface area contributed by atoms with Crippen LogP contribution >= 0.6 is 23.2 Å². The summed E-state index contributed by atoms with van der Waals surface area (Å²) in [4.78, 5) is 36.5. The molecule has 10 heteroatoms. The van der Waals surface area contributed by atoms with Crippen LogP contribution in [-0.2, 0) is 16.0 Å². The van der Waals surface area contributed by atoms with Gasteiger partial charge >= 0.3 is 17.8 Å². The maximum Gasteiger partial charge on any atom is 0.345 e. The van der Waals surface area contributed by atoms with E-state index in [0.29, 0.717) is 16.3 Å². The number of nitrogens with zero attached hydrogens (tertiary/aromatic N) is 1. The number of carbonyl (C=O) groups is 3. The Balaban J connectivity index is 1.60. The van der Waals surface area contributed by atoms with Crippen LogP contribution in [0.2, 0.25) is 10.0 Å². The first-order valence-electron chi connectivity index (χ1n) is 10.4. The average molecular weight is 514 g/mol. The highest BCUT2D eigenvalue weighted by Gasteiger charge is 2.16. The average Bonchev–Trinajstić information content (AvgIpc) is 2.85. The molecule has 8 nitrogen and oxygen atoms in total. The van der Waals surface area contributed by atoms with Crippen molar-refractivity contribution in [2.45, 2.75) is 13.3 Å². The third-order valence-electron chi connectivity index (χ3n) is 4.75. The minimum absolute atomic E-state index is 0.144. The van der Waals surface area contributed by atoms with Crippen LogP contribution in [0.25, 0.3) is 0 Å². The third-order valence-corrected chi connectivity index (χ3v) is 5.30. The number of ether oxygens (including phenoxy) is 2. The molecule has 0 aliphatic carbocycles. The fourth-order valence-electron chi connectivity index (χ4n) is 2.89. The molecule has 0 saturated carbocycles. The number of hydrogen-bond donors (Lipinski definition) is 2.